The lowest BCUT2D eigenvalue weighted by Crippen LogP contribution is -2.43. The van der Waals surface area contributed by atoms with E-state index in [0.29, 0.717) is 0 Å². The molecular formula is C10H14N2. The van der Waals surface area contributed by atoms with Crippen molar-refractivity contribution in [1.82, 2.24) is 10.3 Å². The first-order chi connectivity index (χ1) is 5.84. The molecule has 12 heavy (non-hydrogen) atoms. The van der Waals surface area contributed by atoms with Gasteiger partial charge in [-0.1, -0.05) is 0 Å². The van der Waals surface area contributed by atoms with Gasteiger partial charge in [-0.15, -0.1) is 0 Å². The molecule has 0 aromatic carbocycles. The summed E-state index contributed by atoms with van der Waals surface area (Å²) in [6.45, 7) is 4.41. The molecule has 0 radical (unpaired) electrons. The maximum Gasteiger partial charge on any atom is 0.0375 e. The molecule has 0 bridgehead atoms. The van der Waals surface area contributed by atoms with Crippen LogP contribution >= 0.6 is 0 Å². The molecule has 0 unspecified atom stereocenters. The fraction of sp³-hybridized carbons (Fsp3) is 0.500. The first kappa shape index (κ1) is 7.74. The topological polar surface area (TPSA) is 24.9 Å². The lowest BCUT2D eigenvalue weighted by atomic mass is 9.95. The van der Waals surface area contributed by atoms with E-state index in [1.807, 2.05) is 13.1 Å². The van der Waals surface area contributed by atoms with Crippen molar-refractivity contribution >= 4 is 0 Å². The zero-order valence-electron chi connectivity index (χ0n) is 7.38. The Labute approximate surface area is 73.0 Å². The maximum absolute atomic E-state index is 4.18. The van der Waals surface area contributed by atoms with E-state index >= 15 is 0 Å². The Morgan fingerprint density at radius 3 is 3.00 bits per heavy atom. The van der Waals surface area contributed by atoms with Crippen molar-refractivity contribution in [3.8, 4) is 0 Å². The van der Waals surface area contributed by atoms with E-state index in [1.54, 1.807) is 0 Å². The van der Waals surface area contributed by atoms with Gasteiger partial charge in [0.2, 0.25) is 0 Å². The molecule has 1 saturated heterocycles. The van der Waals surface area contributed by atoms with Gasteiger partial charge in [0.25, 0.3) is 0 Å². The molecule has 1 aliphatic heterocycles. The van der Waals surface area contributed by atoms with Crippen molar-refractivity contribution in [3.05, 3.63) is 29.6 Å². The molecule has 0 aliphatic carbocycles. The summed E-state index contributed by atoms with van der Waals surface area (Å²) in [4.78, 5) is 4.18. The molecule has 0 saturated carbocycles. The van der Waals surface area contributed by atoms with Gasteiger partial charge in [0.05, 0.1) is 0 Å². The highest BCUT2D eigenvalue weighted by molar-refractivity contribution is 5.16. The quantitative estimate of drug-likeness (QED) is 0.705. The van der Waals surface area contributed by atoms with E-state index in [0.717, 1.165) is 11.6 Å². The van der Waals surface area contributed by atoms with Crippen LogP contribution in [0.15, 0.2) is 18.3 Å². The van der Waals surface area contributed by atoms with Crippen LogP contribution in [0.5, 0.6) is 0 Å². The van der Waals surface area contributed by atoms with Crippen molar-refractivity contribution in [2.75, 3.05) is 13.1 Å². The van der Waals surface area contributed by atoms with Crippen molar-refractivity contribution in [2.24, 2.45) is 5.92 Å². The smallest absolute Gasteiger partial charge is 0.0375 e. The van der Waals surface area contributed by atoms with Gasteiger partial charge < -0.3 is 5.32 Å². The normalized spacial score (nSPS) is 17.4. The van der Waals surface area contributed by atoms with Crippen LogP contribution in [0.2, 0.25) is 0 Å². The van der Waals surface area contributed by atoms with E-state index in [1.165, 1.54) is 25.1 Å². The molecule has 64 valence electrons. The minimum atomic E-state index is 0.854. The van der Waals surface area contributed by atoms with Gasteiger partial charge in [-0.25, -0.2) is 0 Å². The van der Waals surface area contributed by atoms with Gasteiger partial charge in [-0.05, 0) is 50.0 Å². The average molecular weight is 162 g/mol. The zero-order valence-corrected chi connectivity index (χ0v) is 7.38. The van der Waals surface area contributed by atoms with Crippen molar-refractivity contribution in [3.63, 3.8) is 0 Å². The molecule has 1 aromatic heterocycles. The summed E-state index contributed by atoms with van der Waals surface area (Å²) in [5, 5.41) is 3.28. The van der Waals surface area contributed by atoms with Crippen LogP contribution in [0.4, 0.5) is 0 Å². The number of aryl methyl sites for hydroxylation is 1. The second-order valence-electron chi connectivity index (χ2n) is 3.53. The molecule has 2 heterocycles. The number of hydrogen-bond donors (Lipinski definition) is 1. The van der Waals surface area contributed by atoms with Crippen LogP contribution in [0.3, 0.4) is 0 Å². The highest BCUT2D eigenvalue weighted by atomic mass is 14.9. The largest absolute Gasteiger partial charge is 0.316 e. The number of nitrogens with zero attached hydrogens (tertiary/aromatic N) is 1. The molecule has 1 fully saturated rings. The lowest BCUT2D eigenvalue weighted by molar-refractivity contribution is 0.346. The van der Waals surface area contributed by atoms with Gasteiger partial charge in [-0.3, -0.25) is 4.98 Å². The molecule has 0 amide bonds. The predicted octanol–water partition coefficient (Wildman–Crippen LogP) is 1.15. The summed E-state index contributed by atoms with van der Waals surface area (Å²) in [6, 6.07) is 4.30. The molecular weight excluding hydrogens is 148 g/mol. The Morgan fingerprint density at radius 2 is 2.42 bits per heavy atom. The molecule has 1 aromatic rings. The first-order valence-electron chi connectivity index (χ1n) is 4.47. The Bertz CT molecular complexity index is 266. The lowest BCUT2D eigenvalue weighted by Gasteiger charge is -2.27. The third kappa shape index (κ3) is 1.64. The maximum atomic E-state index is 4.18. The van der Waals surface area contributed by atoms with Gasteiger partial charge >= 0.3 is 0 Å². The van der Waals surface area contributed by atoms with Gasteiger partial charge in [0, 0.05) is 11.9 Å². The van der Waals surface area contributed by atoms with Crippen LogP contribution in [0, 0.1) is 12.8 Å². The number of rotatable bonds is 2. The van der Waals surface area contributed by atoms with Crippen LogP contribution in [0.25, 0.3) is 0 Å². The fourth-order valence-corrected chi connectivity index (χ4v) is 1.56. The number of hydrogen-bond acceptors (Lipinski definition) is 2. The minimum Gasteiger partial charge on any atom is -0.316 e. The fourth-order valence-electron chi connectivity index (χ4n) is 1.56. The van der Waals surface area contributed by atoms with Crippen molar-refractivity contribution in [1.29, 1.82) is 0 Å². The van der Waals surface area contributed by atoms with Crippen LogP contribution in [-0.4, -0.2) is 18.1 Å². The molecule has 0 atom stereocenters. The Kier molecular flexibility index (Phi) is 2.09. The van der Waals surface area contributed by atoms with E-state index in [9.17, 15) is 0 Å². The molecule has 1 N–H and O–H groups in total. The van der Waals surface area contributed by atoms with Crippen LogP contribution in [-0.2, 0) is 6.42 Å². The highest BCUT2D eigenvalue weighted by Crippen LogP contribution is 2.12. The van der Waals surface area contributed by atoms with Gasteiger partial charge in [0.1, 0.15) is 0 Å². The predicted molar refractivity (Wildman–Crippen MR) is 49.0 cm³/mol. The van der Waals surface area contributed by atoms with E-state index < -0.39 is 0 Å². The summed E-state index contributed by atoms with van der Waals surface area (Å²) in [5.41, 5.74) is 2.55. The zero-order chi connectivity index (χ0) is 8.39. The molecule has 2 heteroatoms. The number of nitrogens with one attached hydrogen (secondary N) is 1. The van der Waals surface area contributed by atoms with E-state index in [4.69, 9.17) is 0 Å². The SMILES string of the molecule is Cc1cc(CC2CNC2)ccn1. The Morgan fingerprint density at radius 1 is 1.58 bits per heavy atom. The van der Waals surface area contributed by atoms with Crippen molar-refractivity contribution < 1.29 is 0 Å². The highest BCUT2D eigenvalue weighted by Gasteiger charge is 2.16. The summed E-state index contributed by atoms with van der Waals surface area (Å²) >= 11 is 0. The monoisotopic (exact) mass is 162 g/mol. The number of aromatic nitrogens is 1. The average Bonchev–Trinajstić information content (AvgIpc) is 1.97. The molecule has 2 nitrogen and oxygen atoms in total. The third-order valence-corrected chi connectivity index (χ3v) is 2.35. The Hall–Kier alpha value is -0.890. The van der Waals surface area contributed by atoms with E-state index in [2.05, 4.69) is 22.4 Å². The second kappa shape index (κ2) is 3.23. The molecule has 2 rings (SSSR count). The third-order valence-electron chi connectivity index (χ3n) is 2.35. The van der Waals surface area contributed by atoms with Gasteiger partial charge in [-0.2, -0.15) is 0 Å². The van der Waals surface area contributed by atoms with Gasteiger partial charge in [0.15, 0.2) is 0 Å². The standard InChI is InChI=1S/C10H14N2/c1-8-4-9(2-3-12-8)5-10-6-11-7-10/h2-4,10-11H,5-7H2,1H3. The second-order valence-corrected chi connectivity index (χ2v) is 3.53. The summed E-state index contributed by atoms with van der Waals surface area (Å²) < 4.78 is 0. The van der Waals surface area contributed by atoms with Crippen molar-refractivity contribution in [2.45, 2.75) is 13.3 Å². The van der Waals surface area contributed by atoms with E-state index in [-0.39, 0.29) is 0 Å². The minimum absolute atomic E-state index is 0.854. The summed E-state index contributed by atoms with van der Waals surface area (Å²) in [7, 11) is 0. The summed E-state index contributed by atoms with van der Waals surface area (Å²) in [5.74, 6) is 0.854. The summed E-state index contributed by atoms with van der Waals surface area (Å²) in [6.07, 6.45) is 3.10. The van der Waals surface area contributed by atoms with Crippen LogP contribution < -0.4 is 5.32 Å². The molecule has 1 aliphatic rings. The number of pyridine rings is 1. The first-order valence-corrected chi connectivity index (χ1v) is 4.47. The van der Waals surface area contributed by atoms with Crippen LogP contribution in [0.1, 0.15) is 11.3 Å². The Balaban J connectivity index is 2.02. The molecule has 0 spiro atoms.